The number of nitrogens with zero attached hydrogens (tertiary/aromatic N) is 2. The van der Waals surface area contributed by atoms with Crippen LogP contribution in [0.4, 0.5) is 0 Å². The second-order valence-corrected chi connectivity index (χ2v) is 6.76. The summed E-state index contributed by atoms with van der Waals surface area (Å²) in [6, 6.07) is 0.781. The molecule has 1 saturated heterocycles. The number of carbonyl (C=O) groups excluding carboxylic acids is 1. The molecule has 1 saturated carbocycles. The number of amides is 1. The van der Waals surface area contributed by atoms with Crippen LogP contribution in [0, 0.1) is 0 Å². The average molecular weight is 268 g/mol. The summed E-state index contributed by atoms with van der Waals surface area (Å²) in [4.78, 5) is 16.6. The standard InChI is InChI=1S/C15H28N2O2/c1-15(2,3)19-12-14(18)17-10-8-16(9-11-17)13-6-4-5-7-13/h13H,4-12H2,1-3H3. The molecule has 4 nitrogen and oxygen atoms in total. The highest BCUT2D eigenvalue weighted by molar-refractivity contribution is 5.77. The maximum Gasteiger partial charge on any atom is 0.248 e. The lowest BCUT2D eigenvalue weighted by Gasteiger charge is -2.38. The van der Waals surface area contributed by atoms with Crippen molar-refractivity contribution in [2.75, 3.05) is 32.8 Å². The van der Waals surface area contributed by atoms with Crippen molar-refractivity contribution in [3.8, 4) is 0 Å². The van der Waals surface area contributed by atoms with Crippen LogP contribution >= 0.6 is 0 Å². The fourth-order valence-electron chi connectivity index (χ4n) is 2.98. The molecule has 0 unspecified atom stereocenters. The van der Waals surface area contributed by atoms with Crippen LogP contribution in [0.3, 0.4) is 0 Å². The summed E-state index contributed by atoms with van der Waals surface area (Å²) < 4.78 is 5.57. The maximum absolute atomic E-state index is 12.1. The number of rotatable bonds is 3. The zero-order valence-electron chi connectivity index (χ0n) is 12.7. The van der Waals surface area contributed by atoms with Crippen LogP contribution in [0.2, 0.25) is 0 Å². The van der Waals surface area contributed by atoms with E-state index in [-0.39, 0.29) is 18.1 Å². The summed E-state index contributed by atoms with van der Waals surface area (Å²) in [5, 5.41) is 0. The first kappa shape index (κ1) is 14.8. The molecule has 0 aromatic heterocycles. The normalized spacial score (nSPS) is 23.0. The van der Waals surface area contributed by atoms with Crippen molar-refractivity contribution in [1.82, 2.24) is 9.80 Å². The highest BCUT2D eigenvalue weighted by atomic mass is 16.5. The van der Waals surface area contributed by atoms with Gasteiger partial charge >= 0.3 is 0 Å². The van der Waals surface area contributed by atoms with Crippen LogP contribution in [0.25, 0.3) is 0 Å². The molecule has 1 aliphatic heterocycles. The van der Waals surface area contributed by atoms with Gasteiger partial charge in [-0.3, -0.25) is 9.69 Å². The minimum atomic E-state index is -0.235. The molecule has 0 aromatic carbocycles. The first-order chi connectivity index (χ1) is 8.96. The van der Waals surface area contributed by atoms with E-state index in [9.17, 15) is 4.79 Å². The maximum atomic E-state index is 12.1. The Morgan fingerprint density at radius 2 is 1.68 bits per heavy atom. The van der Waals surface area contributed by atoms with E-state index in [1.807, 2.05) is 25.7 Å². The lowest BCUT2D eigenvalue weighted by atomic mass is 10.2. The molecule has 2 fully saturated rings. The Hall–Kier alpha value is -0.610. The molecule has 0 aromatic rings. The predicted molar refractivity (Wildman–Crippen MR) is 76.1 cm³/mol. The van der Waals surface area contributed by atoms with Gasteiger partial charge in [0.25, 0.3) is 0 Å². The molecule has 0 bridgehead atoms. The second kappa shape index (κ2) is 6.23. The van der Waals surface area contributed by atoms with Crippen molar-refractivity contribution >= 4 is 5.91 Å². The monoisotopic (exact) mass is 268 g/mol. The molecular weight excluding hydrogens is 240 g/mol. The van der Waals surface area contributed by atoms with Gasteiger partial charge in [-0.15, -0.1) is 0 Å². The molecule has 4 heteroatoms. The Labute approximate surface area is 117 Å². The van der Waals surface area contributed by atoms with Gasteiger partial charge in [-0.05, 0) is 33.6 Å². The molecule has 19 heavy (non-hydrogen) atoms. The number of piperazine rings is 1. The summed E-state index contributed by atoms with van der Waals surface area (Å²) in [5.74, 6) is 0.140. The molecule has 2 rings (SSSR count). The van der Waals surface area contributed by atoms with Gasteiger partial charge in [-0.2, -0.15) is 0 Å². The second-order valence-electron chi connectivity index (χ2n) is 6.76. The molecule has 2 aliphatic rings. The zero-order chi connectivity index (χ0) is 13.9. The van der Waals surface area contributed by atoms with Crippen molar-refractivity contribution in [3.05, 3.63) is 0 Å². The SMILES string of the molecule is CC(C)(C)OCC(=O)N1CCN(C2CCCC2)CC1. The molecule has 0 spiro atoms. The minimum Gasteiger partial charge on any atom is -0.366 e. The van der Waals surface area contributed by atoms with Crippen molar-refractivity contribution in [3.63, 3.8) is 0 Å². The number of ether oxygens (including phenoxy) is 1. The van der Waals surface area contributed by atoms with Gasteiger partial charge in [-0.25, -0.2) is 0 Å². The summed E-state index contributed by atoms with van der Waals surface area (Å²) in [7, 11) is 0. The average Bonchev–Trinajstić information content (AvgIpc) is 2.89. The quantitative estimate of drug-likeness (QED) is 0.783. The van der Waals surface area contributed by atoms with Gasteiger partial charge in [0.2, 0.25) is 5.91 Å². The summed E-state index contributed by atoms with van der Waals surface area (Å²) in [6.45, 7) is 9.96. The highest BCUT2D eigenvalue weighted by Gasteiger charge is 2.28. The number of carbonyl (C=O) groups is 1. The first-order valence-electron chi connectivity index (χ1n) is 7.61. The van der Waals surface area contributed by atoms with Crippen molar-refractivity contribution in [2.45, 2.75) is 58.1 Å². The van der Waals surface area contributed by atoms with E-state index in [1.165, 1.54) is 25.7 Å². The fourth-order valence-corrected chi connectivity index (χ4v) is 2.98. The van der Waals surface area contributed by atoms with Gasteiger partial charge in [-0.1, -0.05) is 12.8 Å². The molecule has 1 amide bonds. The van der Waals surface area contributed by atoms with E-state index in [0.29, 0.717) is 0 Å². The topological polar surface area (TPSA) is 32.8 Å². The van der Waals surface area contributed by atoms with Gasteiger partial charge in [0, 0.05) is 32.2 Å². The lowest BCUT2D eigenvalue weighted by molar-refractivity contribution is -0.143. The Morgan fingerprint density at radius 1 is 1.11 bits per heavy atom. The predicted octanol–water partition coefficient (Wildman–Crippen LogP) is 1.89. The van der Waals surface area contributed by atoms with E-state index < -0.39 is 0 Å². The summed E-state index contributed by atoms with van der Waals surface area (Å²) >= 11 is 0. The van der Waals surface area contributed by atoms with Crippen LogP contribution in [0.1, 0.15) is 46.5 Å². The summed E-state index contributed by atoms with van der Waals surface area (Å²) in [5.41, 5.74) is -0.235. The third kappa shape index (κ3) is 4.46. The van der Waals surface area contributed by atoms with Gasteiger partial charge in [0.05, 0.1) is 5.60 Å². The van der Waals surface area contributed by atoms with Crippen LogP contribution < -0.4 is 0 Å². The Bertz CT molecular complexity index is 298. The van der Waals surface area contributed by atoms with E-state index in [0.717, 1.165) is 32.2 Å². The Kier molecular flexibility index (Phi) is 4.85. The van der Waals surface area contributed by atoms with Crippen LogP contribution in [-0.2, 0) is 9.53 Å². The fraction of sp³-hybridized carbons (Fsp3) is 0.933. The van der Waals surface area contributed by atoms with E-state index in [1.54, 1.807) is 0 Å². The van der Waals surface area contributed by atoms with Crippen molar-refractivity contribution in [2.24, 2.45) is 0 Å². The zero-order valence-corrected chi connectivity index (χ0v) is 12.7. The summed E-state index contributed by atoms with van der Waals surface area (Å²) in [6.07, 6.45) is 5.45. The van der Waals surface area contributed by atoms with Crippen molar-refractivity contribution < 1.29 is 9.53 Å². The van der Waals surface area contributed by atoms with E-state index in [2.05, 4.69) is 4.90 Å². The molecule has 0 atom stereocenters. The Morgan fingerprint density at radius 3 is 2.21 bits per heavy atom. The van der Waals surface area contributed by atoms with Crippen LogP contribution in [-0.4, -0.2) is 60.1 Å². The molecule has 0 radical (unpaired) electrons. The number of hydrogen-bond donors (Lipinski definition) is 0. The Balaban J connectivity index is 1.71. The number of hydrogen-bond acceptors (Lipinski definition) is 3. The molecule has 110 valence electrons. The smallest absolute Gasteiger partial charge is 0.248 e. The molecule has 0 N–H and O–H groups in total. The van der Waals surface area contributed by atoms with Gasteiger partial charge in [0.15, 0.2) is 0 Å². The van der Waals surface area contributed by atoms with Crippen LogP contribution in [0.5, 0.6) is 0 Å². The highest BCUT2D eigenvalue weighted by Crippen LogP contribution is 2.24. The van der Waals surface area contributed by atoms with E-state index >= 15 is 0 Å². The molecule has 1 aliphatic carbocycles. The minimum absolute atomic E-state index is 0.140. The van der Waals surface area contributed by atoms with Gasteiger partial charge in [0.1, 0.15) is 6.61 Å². The molecule has 1 heterocycles. The van der Waals surface area contributed by atoms with E-state index in [4.69, 9.17) is 4.74 Å². The first-order valence-corrected chi connectivity index (χ1v) is 7.61. The lowest BCUT2D eigenvalue weighted by Crippen LogP contribution is -2.52. The van der Waals surface area contributed by atoms with Gasteiger partial charge < -0.3 is 9.64 Å². The third-order valence-corrected chi connectivity index (χ3v) is 4.14. The third-order valence-electron chi connectivity index (χ3n) is 4.14. The van der Waals surface area contributed by atoms with Crippen molar-refractivity contribution in [1.29, 1.82) is 0 Å². The molecular formula is C15H28N2O2. The van der Waals surface area contributed by atoms with Crippen LogP contribution in [0.15, 0.2) is 0 Å². The largest absolute Gasteiger partial charge is 0.366 e.